The second-order valence-corrected chi connectivity index (χ2v) is 19.9. The number of Topliss-reactive ketones (excluding diaryl/α,β-unsaturated/α-hetero) is 1. The monoisotopic (exact) mass is 934 g/mol. The van der Waals surface area contributed by atoms with Crippen molar-refractivity contribution in [2.75, 3.05) is 18.5 Å². The van der Waals surface area contributed by atoms with E-state index in [2.05, 4.69) is 22.9 Å². The van der Waals surface area contributed by atoms with Gasteiger partial charge in [-0.15, -0.1) is 0 Å². The number of fused-ring (bicyclic) bond motifs is 7. The molecule has 2 aromatic rings. The summed E-state index contributed by atoms with van der Waals surface area (Å²) >= 11 is 0. The Bertz CT molecular complexity index is 2450. The average Bonchev–Trinajstić information content (AvgIpc) is 3.94. The Morgan fingerprint density at radius 3 is 2.29 bits per heavy atom. The van der Waals surface area contributed by atoms with Crippen LogP contribution in [0.4, 0.5) is 5.69 Å². The maximum atomic E-state index is 14.0. The lowest BCUT2D eigenvalue weighted by Crippen LogP contribution is -2.63. The normalized spacial score (nSPS) is 31.0. The number of carbonyl (C=O) groups excluding carboxylic acids is 7. The van der Waals surface area contributed by atoms with Crippen LogP contribution in [0.1, 0.15) is 108 Å². The van der Waals surface area contributed by atoms with E-state index < -0.39 is 71.2 Å². The lowest BCUT2D eigenvalue weighted by atomic mass is 9.46. The first-order valence-electron chi connectivity index (χ1n) is 23.8. The average molecular weight is 935 g/mol. The molecule has 8 rings (SSSR count). The molecule has 0 spiro atoms. The van der Waals surface area contributed by atoms with E-state index in [0.717, 1.165) is 34.4 Å². The molecular formula is C52H62N4O12. The van der Waals surface area contributed by atoms with Gasteiger partial charge in [-0.25, -0.2) is 0 Å². The second kappa shape index (κ2) is 19.4. The van der Waals surface area contributed by atoms with E-state index in [0.29, 0.717) is 48.9 Å². The third kappa shape index (κ3) is 8.92. The number of nitrogens with zero attached hydrogens (tertiary/aromatic N) is 1. The fraction of sp³-hybridized carbons (Fsp3) is 0.519. The number of unbranched alkanes of at least 4 members (excludes halogenated alkanes) is 2. The minimum absolute atomic E-state index is 0.0246. The Morgan fingerprint density at radius 1 is 0.882 bits per heavy atom. The molecule has 2 aromatic carbocycles. The van der Waals surface area contributed by atoms with Crippen LogP contribution in [0, 0.1) is 28.6 Å². The number of rotatable bonds is 17. The minimum atomic E-state index is -1.47. The van der Waals surface area contributed by atoms with Gasteiger partial charge in [0.25, 0.3) is 11.8 Å². The van der Waals surface area contributed by atoms with Crippen molar-refractivity contribution in [3.05, 3.63) is 101 Å². The molecule has 4 fully saturated rings. The molecule has 0 unspecified atom stereocenters. The van der Waals surface area contributed by atoms with Gasteiger partial charge >= 0.3 is 0 Å². The molecule has 362 valence electrons. The molecule has 11 atom stereocenters. The van der Waals surface area contributed by atoms with Crippen LogP contribution in [0.5, 0.6) is 0 Å². The van der Waals surface area contributed by atoms with Crippen LogP contribution < -0.4 is 16.0 Å². The summed E-state index contributed by atoms with van der Waals surface area (Å²) in [5.41, 5.74) is 1.54. The molecule has 16 nitrogen and oxygen atoms in total. The number of ether oxygens (including phenoxy) is 2. The zero-order chi connectivity index (χ0) is 48.7. The van der Waals surface area contributed by atoms with E-state index >= 15 is 0 Å². The van der Waals surface area contributed by atoms with Crippen LogP contribution in [0.3, 0.4) is 0 Å². The van der Waals surface area contributed by atoms with Crippen LogP contribution in [0.25, 0.3) is 0 Å². The van der Waals surface area contributed by atoms with Crippen LogP contribution in [-0.2, 0) is 56.1 Å². The van der Waals surface area contributed by atoms with Gasteiger partial charge in [0.15, 0.2) is 23.5 Å². The number of anilines is 1. The third-order valence-corrected chi connectivity index (χ3v) is 15.8. The summed E-state index contributed by atoms with van der Waals surface area (Å²) in [4.78, 5) is 89.6. The van der Waals surface area contributed by atoms with Gasteiger partial charge in [-0.1, -0.05) is 68.3 Å². The fourth-order valence-corrected chi connectivity index (χ4v) is 12.3. The highest BCUT2D eigenvalue weighted by Crippen LogP contribution is 2.70. The van der Waals surface area contributed by atoms with Crippen molar-refractivity contribution in [2.45, 2.75) is 128 Å². The third-order valence-electron chi connectivity index (χ3n) is 15.8. The fourth-order valence-electron chi connectivity index (χ4n) is 12.3. The maximum Gasteiger partial charge on any atom is 0.253 e. The molecule has 4 aliphatic carbocycles. The van der Waals surface area contributed by atoms with Crippen molar-refractivity contribution in [1.82, 2.24) is 15.5 Å². The van der Waals surface area contributed by atoms with Crippen LogP contribution in [-0.4, -0.2) is 104 Å². The van der Waals surface area contributed by atoms with E-state index in [1.54, 1.807) is 24.3 Å². The molecule has 6 aliphatic rings. The molecule has 16 heteroatoms. The summed E-state index contributed by atoms with van der Waals surface area (Å²) in [6, 6.07) is 11.0. The van der Waals surface area contributed by atoms with Crippen LogP contribution in [0.2, 0.25) is 0 Å². The summed E-state index contributed by atoms with van der Waals surface area (Å²) in [7, 11) is 0. The van der Waals surface area contributed by atoms with E-state index in [9.17, 15) is 48.9 Å². The van der Waals surface area contributed by atoms with Gasteiger partial charge in [0.1, 0.15) is 18.7 Å². The van der Waals surface area contributed by atoms with Crippen molar-refractivity contribution >= 4 is 46.8 Å². The Kier molecular flexibility index (Phi) is 13.9. The largest absolute Gasteiger partial charge is 0.393 e. The number of benzene rings is 2. The Balaban J connectivity index is 0.855. The highest BCUT2D eigenvalue weighted by Gasteiger charge is 2.76. The zero-order valence-corrected chi connectivity index (χ0v) is 39.0. The molecule has 68 heavy (non-hydrogen) atoms. The second-order valence-electron chi connectivity index (χ2n) is 19.9. The summed E-state index contributed by atoms with van der Waals surface area (Å²) < 4.78 is 13.4. The van der Waals surface area contributed by atoms with Gasteiger partial charge in [-0.05, 0) is 100.0 Å². The van der Waals surface area contributed by atoms with Crippen LogP contribution in [0.15, 0.2) is 78.4 Å². The number of allylic oxidation sites excluding steroid dienone is 4. The summed E-state index contributed by atoms with van der Waals surface area (Å²) in [6.07, 6.45) is 9.96. The SMILES string of the molecule is C[C@H](NC(=O)CCCCCN1C(=O)C=CC1=O)C(=O)N[C@@H](C)C(=O)Nc1cc(Cc2ccc([C@@H]3O[C@@H]4C[C@H]5[C@@H]6CCC7=CC(=O)C=C[C@]7(C)[C@H]6[C@@H](O)C[C@]5(C)[C@]4(C(=O)CO)O3)cc2)ccc1CO. The standard InChI is InChI=1S/C52H62N4O12/c1-29(53-43(62)8-6-5-7-21-56-44(63)17-18-45(56)64)47(65)54-30(2)48(66)55-39-23-32(11-14-34(39)27-57)22-31-9-12-33(13-10-31)49-67-42-25-38-37-16-15-35-24-36(59)19-20-50(35,3)46(37)40(60)26-51(38,4)52(42,68-49)41(61)28-58/h9-14,17-20,23-24,29-30,37-38,40,42,46,49,57-58,60H,5-8,15-16,21-22,25-28H2,1-4H3,(H,53,62)(H,54,65)(H,55,66)/t29-,30-,37-,38-,40-,42+,46+,49+,50-,51-,52+/m0/s1. The van der Waals surface area contributed by atoms with E-state index in [1.165, 1.54) is 26.0 Å². The number of nitrogens with one attached hydrogen (secondary N) is 3. The van der Waals surface area contributed by atoms with Gasteiger partial charge in [0.05, 0.1) is 18.8 Å². The van der Waals surface area contributed by atoms with Crippen molar-refractivity contribution in [3.63, 3.8) is 0 Å². The molecule has 0 bridgehead atoms. The topological polar surface area (TPSA) is 238 Å². The number of imide groups is 1. The smallest absolute Gasteiger partial charge is 0.253 e. The van der Waals surface area contributed by atoms with Crippen LogP contribution >= 0.6 is 0 Å². The number of aliphatic hydroxyl groups is 3. The molecule has 3 saturated carbocycles. The number of carbonyl (C=O) groups is 7. The quantitative estimate of drug-likeness (QED) is 0.0982. The lowest BCUT2D eigenvalue weighted by molar-refractivity contribution is -0.201. The predicted octanol–water partition coefficient (Wildman–Crippen LogP) is 3.81. The highest BCUT2D eigenvalue weighted by molar-refractivity contribution is 6.12. The predicted molar refractivity (Wildman–Crippen MR) is 247 cm³/mol. The van der Waals surface area contributed by atoms with Crippen molar-refractivity contribution < 1.29 is 58.4 Å². The van der Waals surface area contributed by atoms with Gasteiger partial charge in [-0.2, -0.15) is 0 Å². The van der Waals surface area contributed by atoms with Gasteiger partial charge < -0.3 is 40.7 Å². The van der Waals surface area contributed by atoms with E-state index in [1.807, 2.05) is 43.3 Å². The van der Waals surface area contributed by atoms with Gasteiger partial charge in [0, 0.05) is 58.7 Å². The minimum Gasteiger partial charge on any atom is -0.393 e. The Hall–Kier alpha value is -5.65. The number of hydrogen-bond acceptors (Lipinski definition) is 12. The summed E-state index contributed by atoms with van der Waals surface area (Å²) in [5.74, 6) is -2.74. The molecule has 5 amide bonds. The molecular weight excluding hydrogens is 873 g/mol. The molecule has 6 N–H and O–H groups in total. The van der Waals surface area contributed by atoms with Gasteiger partial charge in [0.2, 0.25) is 17.7 Å². The molecule has 0 aromatic heterocycles. The van der Waals surface area contributed by atoms with Crippen molar-refractivity contribution in [1.29, 1.82) is 0 Å². The number of ketones is 2. The number of amides is 5. The van der Waals surface area contributed by atoms with Crippen molar-refractivity contribution in [2.24, 2.45) is 28.6 Å². The summed E-state index contributed by atoms with van der Waals surface area (Å²) in [6.45, 7) is 6.33. The molecule has 2 aliphatic heterocycles. The van der Waals surface area contributed by atoms with E-state index in [4.69, 9.17) is 9.47 Å². The number of hydrogen-bond donors (Lipinski definition) is 6. The maximum absolute atomic E-state index is 14.0. The molecule has 1 saturated heterocycles. The first-order valence-corrected chi connectivity index (χ1v) is 23.8. The Morgan fingerprint density at radius 2 is 1.59 bits per heavy atom. The lowest BCUT2D eigenvalue weighted by Gasteiger charge is -2.59. The number of aliphatic hydroxyl groups excluding tert-OH is 3. The summed E-state index contributed by atoms with van der Waals surface area (Å²) in [5, 5.41) is 40.5. The first kappa shape index (κ1) is 48.8. The van der Waals surface area contributed by atoms with Gasteiger partial charge in [-0.3, -0.25) is 38.5 Å². The molecule has 2 heterocycles. The zero-order valence-electron chi connectivity index (χ0n) is 39.0. The Labute approximate surface area is 395 Å². The van der Waals surface area contributed by atoms with Crippen molar-refractivity contribution in [3.8, 4) is 0 Å². The highest BCUT2D eigenvalue weighted by atomic mass is 16.7. The first-order chi connectivity index (χ1) is 32.4. The molecule has 0 radical (unpaired) electrons. The van der Waals surface area contributed by atoms with E-state index in [-0.39, 0.29) is 67.3 Å².